The Kier molecular flexibility index (Phi) is 4.65. The van der Waals surface area contributed by atoms with Crippen LogP contribution >= 0.6 is 0 Å². The minimum Gasteiger partial charge on any atom is -0.391 e. The van der Waals surface area contributed by atoms with Crippen molar-refractivity contribution in [2.24, 2.45) is 0 Å². The lowest BCUT2D eigenvalue weighted by Crippen LogP contribution is -2.29. The van der Waals surface area contributed by atoms with Crippen LogP contribution in [0.4, 0.5) is 0 Å². The first kappa shape index (κ1) is 16.6. The van der Waals surface area contributed by atoms with Gasteiger partial charge in [0.25, 0.3) is 5.91 Å². The lowest BCUT2D eigenvalue weighted by molar-refractivity contribution is 0.0765. The molecule has 0 radical (unpaired) electrons. The first-order valence-electron chi connectivity index (χ1n) is 7.51. The Morgan fingerprint density at radius 2 is 2.12 bits per heavy atom. The van der Waals surface area contributed by atoms with E-state index in [0.29, 0.717) is 30.9 Å². The zero-order chi connectivity index (χ0) is 17.2. The second kappa shape index (κ2) is 6.71. The van der Waals surface area contributed by atoms with Crippen molar-refractivity contribution in [1.29, 1.82) is 0 Å². The van der Waals surface area contributed by atoms with Gasteiger partial charge in [0.15, 0.2) is 0 Å². The molecule has 1 fully saturated rings. The van der Waals surface area contributed by atoms with Gasteiger partial charge in [-0.3, -0.25) is 4.79 Å². The molecule has 2 aromatic rings. The van der Waals surface area contributed by atoms with Crippen molar-refractivity contribution in [3.63, 3.8) is 0 Å². The highest BCUT2D eigenvalue weighted by Crippen LogP contribution is 2.16. The van der Waals surface area contributed by atoms with Crippen LogP contribution in [-0.2, 0) is 16.6 Å². The van der Waals surface area contributed by atoms with E-state index in [0.717, 1.165) is 0 Å². The molecule has 0 bridgehead atoms. The van der Waals surface area contributed by atoms with E-state index >= 15 is 0 Å². The molecular weight excluding hydrogens is 332 g/mol. The summed E-state index contributed by atoms with van der Waals surface area (Å²) in [6.07, 6.45) is 3.23. The average Bonchev–Trinajstić information content (AvgIpc) is 3.24. The molecule has 1 saturated heterocycles. The van der Waals surface area contributed by atoms with Gasteiger partial charge in [-0.05, 0) is 30.7 Å². The molecule has 0 aliphatic carbocycles. The fourth-order valence-corrected chi connectivity index (χ4v) is 3.51. The number of likely N-dealkylation sites (tertiary alicyclic amines) is 1. The first-order valence-corrected chi connectivity index (χ1v) is 8.99. The van der Waals surface area contributed by atoms with Crippen LogP contribution in [0.15, 0.2) is 41.6 Å². The van der Waals surface area contributed by atoms with Crippen LogP contribution in [0.3, 0.4) is 0 Å². The van der Waals surface area contributed by atoms with Crippen LogP contribution in [-0.4, -0.2) is 53.5 Å². The van der Waals surface area contributed by atoms with Gasteiger partial charge < -0.3 is 15.0 Å². The maximum absolute atomic E-state index is 12.3. The molecule has 3 N–H and O–H groups in total. The van der Waals surface area contributed by atoms with Gasteiger partial charge in [-0.15, -0.1) is 0 Å². The van der Waals surface area contributed by atoms with E-state index in [1.54, 1.807) is 17.3 Å². The topological polar surface area (TPSA) is 115 Å². The van der Waals surface area contributed by atoms with Gasteiger partial charge in [-0.1, -0.05) is 0 Å². The van der Waals surface area contributed by atoms with Crippen molar-refractivity contribution in [3.05, 3.63) is 48.0 Å². The Bertz CT molecular complexity index is 803. The number of hydrogen-bond donors (Lipinski definition) is 3. The van der Waals surface area contributed by atoms with E-state index in [1.807, 2.05) is 0 Å². The largest absolute Gasteiger partial charge is 0.391 e. The second-order valence-electron chi connectivity index (χ2n) is 5.58. The fraction of sp³-hybridized carbons (Fsp3) is 0.333. The van der Waals surface area contributed by atoms with Crippen molar-refractivity contribution in [1.82, 2.24) is 19.6 Å². The minimum atomic E-state index is -3.68. The molecule has 0 saturated carbocycles. The minimum absolute atomic E-state index is 0.0572. The van der Waals surface area contributed by atoms with Crippen LogP contribution < -0.4 is 4.72 Å². The molecule has 128 valence electrons. The van der Waals surface area contributed by atoms with Gasteiger partial charge in [-0.2, -0.15) is 0 Å². The van der Waals surface area contributed by atoms with E-state index in [9.17, 15) is 18.3 Å². The summed E-state index contributed by atoms with van der Waals surface area (Å²) in [7, 11) is -3.68. The van der Waals surface area contributed by atoms with E-state index in [4.69, 9.17) is 0 Å². The Hall–Kier alpha value is -2.23. The second-order valence-corrected chi connectivity index (χ2v) is 7.35. The molecule has 1 aromatic heterocycles. The predicted molar refractivity (Wildman–Crippen MR) is 85.6 cm³/mol. The van der Waals surface area contributed by atoms with Crippen LogP contribution in [0.5, 0.6) is 0 Å². The Morgan fingerprint density at radius 3 is 2.71 bits per heavy atom. The number of aliphatic hydroxyl groups is 1. The van der Waals surface area contributed by atoms with Crippen molar-refractivity contribution in [2.75, 3.05) is 13.1 Å². The molecule has 3 rings (SSSR count). The zero-order valence-electron chi connectivity index (χ0n) is 12.8. The number of nitrogens with zero attached hydrogens (tertiary/aromatic N) is 2. The van der Waals surface area contributed by atoms with Crippen LogP contribution in [0.25, 0.3) is 0 Å². The zero-order valence-corrected chi connectivity index (χ0v) is 13.7. The number of β-amino-alcohol motifs (C(OH)–C–C–N with tert-alkyl or cyclic N) is 1. The molecule has 1 aliphatic heterocycles. The number of carbonyl (C=O) groups is 1. The number of nitrogens with one attached hydrogen (secondary N) is 2. The monoisotopic (exact) mass is 350 g/mol. The number of H-pyrrole nitrogens is 1. The smallest absolute Gasteiger partial charge is 0.253 e. The summed E-state index contributed by atoms with van der Waals surface area (Å²) < 4.78 is 26.9. The lowest BCUT2D eigenvalue weighted by atomic mass is 10.2. The molecule has 8 nitrogen and oxygen atoms in total. The van der Waals surface area contributed by atoms with Gasteiger partial charge in [0.2, 0.25) is 10.0 Å². The summed E-state index contributed by atoms with van der Waals surface area (Å²) >= 11 is 0. The summed E-state index contributed by atoms with van der Waals surface area (Å²) in [5.74, 6) is 0.303. The van der Waals surface area contributed by atoms with E-state index in [1.165, 1.54) is 24.3 Å². The first-order chi connectivity index (χ1) is 11.5. The molecular formula is C15H18N4O4S. The molecule has 1 aromatic carbocycles. The van der Waals surface area contributed by atoms with Crippen molar-refractivity contribution >= 4 is 15.9 Å². The lowest BCUT2D eigenvalue weighted by Gasteiger charge is -2.15. The predicted octanol–water partition coefficient (Wildman–Crippen LogP) is 0.0950. The number of aliphatic hydroxyl groups excluding tert-OH is 1. The Labute approximate surface area is 139 Å². The highest BCUT2D eigenvalue weighted by molar-refractivity contribution is 7.89. The van der Waals surface area contributed by atoms with Crippen LogP contribution in [0, 0.1) is 0 Å². The van der Waals surface area contributed by atoms with E-state index in [-0.39, 0.29) is 17.3 Å². The van der Waals surface area contributed by atoms with Crippen molar-refractivity contribution in [3.8, 4) is 0 Å². The van der Waals surface area contributed by atoms with Gasteiger partial charge >= 0.3 is 0 Å². The molecule has 1 amide bonds. The molecule has 1 aliphatic rings. The number of hydrogen-bond acceptors (Lipinski definition) is 5. The fourth-order valence-electron chi connectivity index (χ4n) is 2.53. The summed E-state index contributed by atoms with van der Waals surface area (Å²) in [6.45, 7) is 0.871. The molecule has 1 atom stereocenters. The Balaban J connectivity index is 1.68. The number of sulfonamides is 1. The standard InChI is InChI=1S/C15H18N4O4S/c20-12-5-8-19(10-12)15(21)11-1-3-13(4-2-11)24(22,23)18-9-14-16-6-7-17-14/h1-4,6-7,12,18,20H,5,8-10H2,(H,16,17)/t12-/m0/s1. The van der Waals surface area contributed by atoms with Gasteiger partial charge in [-0.25, -0.2) is 18.1 Å². The van der Waals surface area contributed by atoms with Gasteiger partial charge in [0.05, 0.1) is 17.5 Å². The SMILES string of the molecule is O=C(c1ccc(S(=O)(=O)NCc2ncc[nH]2)cc1)N1CC[C@H](O)C1. The number of aromatic amines is 1. The van der Waals surface area contributed by atoms with E-state index < -0.39 is 16.1 Å². The molecule has 0 spiro atoms. The maximum atomic E-state index is 12.3. The van der Waals surface area contributed by atoms with Gasteiger partial charge in [0, 0.05) is 31.0 Å². The summed E-state index contributed by atoms with van der Waals surface area (Å²) in [4.78, 5) is 20.7. The number of aromatic nitrogens is 2. The maximum Gasteiger partial charge on any atom is 0.253 e. The van der Waals surface area contributed by atoms with Crippen LogP contribution in [0.1, 0.15) is 22.6 Å². The Morgan fingerprint density at radius 1 is 1.38 bits per heavy atom. The molecule has 2 heterocycles. The van der Waals surface area contributed by atoms with Crippen molar-refractivity contribution < 1.29 is 18.3 Å². The number of imidazole rings is 1. The molecule has 24 heavy (non-hydrogen) atoms. The summed E-state index contributed by atoms with van der Waals surface area (Å²) in [5, 5.41) is 9.49. The highest BCUT2D eigenvalue weighted by atomic mass is 32.2. The third-order valence-corrected chi connectivity index (χ3v) is 5.26. The molecule has 9 heteroatoms. The molecule has 0 unspecified atom stereocenters. The summed E-state index contributed by atoms with van der Waals surface area (Å²) in [6, 6.07) is 5.75. The number of rotatable bonds is 5. The number of amides is 1. The highest BCUT2D eigenvalue weighted by Gasteiger charge is 2.25. The summed E-state index contributed by atoms with van der Waals surface area (Å²) in [5.41, 5.74) is 0.397. The normalized spacial score (nSPS) is 18.0. The van der Waals surface area contributed by atoms with Crippen LogP contribution in [0.2, 0.25) is 0 Å². The quantitative estimate of drug-likeness (QED) is 0.707. The number of carbonyl (C=O) groups excluding carboxylic acids is 1. The van der Waals surface area contributed by atoms with Crippen molar-refractivity contribution in [2.45, 2.75) is 24.0 Å². The average molecular weight is 350 g/mol. The number of benzene rings is 1. The van der Waals surface area contributed by atoms with Gasteiger partial charge in [0.1, 0.15) is 5.82 Å². The van der Waals surface area contributed by atoms with E-state index in [2.05, 4.69) is 14.7 Å². The third kappa shape index (κ3) is 3.64. The third-order valence-electron chi connectivity index (χ3n) is 3.85.